The average molecular weight is 198 g/mol. The van der Waals surface area contributed by atoms with Gasteiger partial charge in [0.25, 0.3) is 0 Å². The van der Waals surface area contributed by atoms with E-state index >= 15 is 0 Å². The third-order valence-electron chi connectivity index (χ3n) is 2.58. The predicted octanol–water partition coefficient (Wildman–Crippen LogP) is 0.522. The Bertz CT molecular complexity index is 240. The summed E-state index contributed by atoms with van der Waals surface area (Å²) in [6.45, 7) is 6.01. The van der Waals surface area contributed by atoms with Crippen LogP contribution in [-0.4, -0.2) is 35.3 Å². The number of carbonyl (C=O) groups is 2. The molecule has 1 N–H and O–H groups in total. The second kappa shape index (κ2) is 4.44. The van der Waals surface area contributed by atoms with Crippen molar-refractivity contribution in [2.24, 2.45) is 0 Å². The van der Waals surface area contributed by atoms with E-state index in [1.807, 2.05) is 6.92 Å². The number of nitrogens with one attached hydrogen (secondary N) is 1. The molecule has 0 aromatic heterocycles. The summed E-state index contributed by atoms with van der Waals surface area (Å²) in [4.78, 5) is 24.6. The molecule has 2 unspecified atom stereocenters. The van der Waals surface area contributed by atoms with Gasteiger partial charge in [0, 0.05) is 6.04 Å². The van der Waals surface area contributed by atoms with Crippen molar-refractivity contribution in [3.63, 3.8) is 0 Å². The summed E-state index contributed by atoms with van der Waals surface area (Å²) in [5.41, 5.74) is 0. The molecule has 1 aliphatic rings. The SMILES string of the molecule is CCCC(C)N1CC(=O)NC(C)C1=O. The van der Waals surface area contributed by atoms with Gasteiger partial charge in [-0.15, -0.1) is 0 Å². The Morgan fingerprint density at radius 1 is 1.57 bits per heavy atom. The number of hydrogen-bond donors (Lipinski definition) is 1. The molecule has 0 spiro atoms. The van der Waals surface area contributed by atoms with Gasteiger partial charge in [-0.3, -0.25) is 9.59 Å². The molecule has 1 saturated heterocycles. The first kappa shape index (κ1) is 11.0. The quantitative estimate of drug-likeness (QED) is 0.718. The average Bonchev–Trinajstić information content (AvgIpc) is 2.11. The second-order valence-electron chi connectivity index (χ2n) is 3.89. The van der Waals surface area contributed by atoms with Gasteiger partial charge in [0.1, 0.15) is 6.04 Å². The van der Waals surface area contributed by atoms with E-state index in [1.165, 1.54) is 0 Å². The van der Waals surface area contributed by atoms with Crippen LogP contribution in [0.2, 0.25) is 0 Å². The number of amides is 2. The topological polar surface area (TPSA) is 49.4 Å². The Hall–Kier alpha value is -1.06. The van der Waals surface area contributed by atoms with Crippen LogP contribution >= 0.6 is 0 Å². The zero-order valence-corrected chi connectivity index (χ0v) is 9.04. The lowest BCUT2D eigenvalue weighted by molar-refractivity contribution is -0.145. The molecule has 2 amide bonds. The van der Waals surface area contributed by atoms with Crippen molar-refractivity contribution in [2.75, 3.05) is 6.54 Å². The third kappa shape index (κ3) is 2.25. The molecule has 2 atom stereocenters. The minimum Gasteiger partial charge on any atom is -0.343 e. The highest BCUT2D eigenvalue weighted by molar-refractivity contribution is 5.94. The van der Waals surface area contributed by atoms with E-state index in [2.05, 4.69) is 12.2 Å². The van der Waals surface area contributed by atoms with Crippen molar-refractivity contribution in [3.05, 3.63) is 0 Å². The molecule has 1 aliphatic heterocycles. The molecule has 0 bridgehead atoms. The molecule has 0 saturated carbocycles. The third-order valence-corrected chi connectivity index (χ3v) is 2.58. The van der Waals surface area contributed by atoms with Gasteiger partial charge in [0.2, 0.25) is 11.8 Å². The molecule has 0 aromatic rings. The molecule has 1 rings (SSSR count). The van der Waals surface area contributed by atoms with Crippen LogP contribution in [0.4, 0.5) is 0 Å². The first-order valence-corrected chi connectivity index (χ1v) is 5.16. The first-order chi connectivity index (χ1) is 6.56. The fourth-order valence-electron chi connectivity index (χ4n) is 1.78. The first-order valence-electron chi connectivity index (χ1n) is 5.16. The molecule has 14 heavy (non-hydrogen) atoms. The van der Waals surface area contributed by atoms with Gasteiger partial charge >= 0.3 is 0 Å². The Morgan fingerprint density at radius 2 is 2.21 bits per heavy atom. The number of nitrogens with zero attached hydrogens (tertiary/aromatic N) is 1. The summed E-state index contributed by atoms with van der Waals surface area (Å²) in [7, 11) is 0. The second-order valence-corrected chi connectivity index (χ2v) is 3.89. The molecule has 0 radical (unpaired) electrons. The van der Waals surface area contributed by atoms with Crippen LogP contribution in [0.5, 0.6) is 0 Å². The van der Waals surface area contributed by atoms with Gasteiger partial charge in [-0.1, -0.05) is 13.3 Å². The van der Waals surface area contributed by atoms with Gasteiger partial charge < -0.3 is 10.2 Å². The lowest BCUT2D eigenvalue weighted by atomic mass is 10.1. The van der Waals surface area contributed by atoms with E-state index in [0.29, 0.717) is 0 Å². The zero-order chi connectivity index (χ0) is 10.7. The molecule has 80 valence electrons. The number of hydrogen-bond acceptors (Lipinski definition) is 2. The maximum absolute atomic E-state index is 11.7. The van der Waals surface area contributed by atoms with E-state index in [0.717, 1.165) is 12.8 Å². The van der Waals surface area contributed by atoms with Crippen LogP contribution in [0.1, 0.15) is 33.6 Å². The highest BCUT2D eigenvalue weighted by Crippen LogP contribution is 2.11. The Balaban J connectivity index is 2.66. The molecular weight excluding hydrogens is 180 g/mol. The van der Waals surface area contributed by atoms with Crippen molar-refractivity contribution in [1.82, 2.24) is 10.2 Å². The van der Waals surface area contributed by atoms with Crippen molar-refractivity contribution < 1.29 is 9.59 Å². The maximum atomic E-state index is 11.7. The predicted molar refractivity (Wildman–Crippen MR) is 53.7 cm³/mol. The van der Waals surface area contributed by atoms with Gasteiger partial charge in [-0.05, 0) is 20.3 Å². The summed E-state index contributed by atoms with van der Waals surface area (Å²) in [5, 5.41) is 2.63. The molecule has 1 heterocycles. The van der Waals surface area contributed by atoms with Crippen LogP contribution in [0.15, 0.2) is 0 Å². The summed E-state index contributed by atoms with van der Waals surface area (Å²) in [6.07, 6.45) is 1.98. The van der Waals surface area contributed by atoms with Gasteiger partial charge in [0.05, 0.1) is 6.54 Å². The molecule has 0 aromatic carbocycles. The highest BCUT2D eigenvalue weighted by atomic mass is 16.2. The maximum Gasteiger partial charge on any atom is 0.245 e. The summed E-state index contributed by atoms with van der Waals surface area (Å²) < 4.78 is 0. The van der Waals surface area contributed by atoms with Crippen molar-refractivity contribution in [1.29, 1.82) is 0 Å². The van der Waals surface area contributed by atoms with E-state index in [-0.39, 0.29) is 30.4 Å². The monoisotopic (exact) mass is 198 g/mol. The fourth-order valence-corrected chi connectivity index (χ4v) is 1.78. The summed E-state index contributed by atoms with van der Waals surface area (Å²) in [6, 6.07) is -0.198. The fraction of sp³-hybridized carbons (Fsp3) is 0.800. The largest absolute Gasteiger partial charge is 0.343 e. The molecular formula is C10H18N2O2. The van der Waals surface area contributed by atoms with E-state index in [4.69, 9.17) is 0 Å². The van der Waals surface area contributed by atoms with Crippen molar-refractivity contribution >= 4 is 11.8 Å². The minimum atomic E-state index is -0.365. The lowest BCUT2D eigenvalue weighted by Gasteiger charge is -2.35. The lowest BCUT2D eigenvalue weighted by Crippen LogP contribution is -2.59. The number of carbonyl (C=O) groups excluding carboxylic acids is 2. The molecule has 4 nitrogen and oxygen atoms in total. The Kier molecular flexibility index (Phi) is 3.49. The Labute approximate surface area is 84.7 Å². The van der Waals surface area contributed by atoms with Crippen LogP contribution in [0, 0.1) is 0 Å². The van der Waals surface area contributed by atoms with Crippen molar-refractivity contribution in [2.45, 2.75) is 45.7 Å². The van der Waals surface area contributed by atoms with Gasteiger partial charge in [-0.25, -0.2) is 0 Å². The highest BCUT2D eigenvalue weighted by Gasteiger charge is 2.31. The van der Waals surface area contributed by atoms with Crippen molar-refractivity contribution in [3.8, 4) is 0 Å². The summed E-state index contributed by atoms with van der Waals surface area (Å²) >= 11 is 0. The zero-order valence-electron chi connectivity index (χ0n) is 9.04. The van der Waals surface area contributed by atoms with Crippen LogP contribution in [-0.2, 0) is 9.59 Å². The van der Waals surface area contributed by atoms with Gasteiger partial charge in [-0.2, -0.15) is 0 Å². The van der Waals surface area contributed by atoms with Crippen LogP contribution in [0.3, 0.4) is 0 Å². The molecule has 4 heteroatoms. The standard InChI is InChI=1S/C10H18N2O2/c1-4-5-7(2)12-6-9(13)11-8(3)10(12)14/h7-8H,4-6H2,1-3H3,(H,11,13). The van der Waals surface area contributed by atoms with Crippen LogP contribution in [0.25, 0.3) is 0 Å². The number of piperazine rings is 1. The smallest absolute Gasteiger partial charge is 0.245 e. The normalized spacial score (nSPS) is 24.8. The molecule has 0 aliphatic carbocycles. The van der Waals surface area contributed by atoms with Gasteiger partial charge in [0.15, 0.2) is 0 Å². The van der Waals surface area contributed by atoms with Crippen LogP contribution < -0.4 is 5.32 Å². The molecule has 1 fully saturated rings. The Morgan fingerprint density at radius 3 is 2.79 bits per heavy atom. The van der Waals surface area contributed by atoms with E-state index < -0.39 is 0 Å². The number of rotatable bonds is 3. The summed E-state index contributed by atoms with van der Waals surface area (Å²) in [5.74, 6) is -0.0226. The minimum absolute atomic E-state index is 0.0329. The van der Waals surface area contributed by atoms with E-state index in [9.17, 15) is 9.59 Å². The van der Waals surface area contributed by atoms with E-state index in [1.54, 1.807) is 11.8 Å².